The molecule has 0 aromatic heterocycles. The molecule has 4 rings (SSSR count). The number of hydrogen-bond acceptors (Lipinski definition) is 7. The fourth-order valence-corrected chi connectivity index (χ4v) is 4.47. The molecule has 1 aliphatic heterocycles. The molecule has 0 saturated carbocycles. The second kappa shape index (κ2) is 10.8. The van der Waals surface area contributed by atoms with Crippen LogP contribution in [0.15, 0.2) is 66.2 Å². The Labute approximate surface area is 219 Å². The largest absolute Gasteiger partial charge is 0.507 e. The number of halogens is 1. The van der Waals surface area contributed by atoms with Crippen molar-refractivity contribution in [3.63, 3.8) is 0 Å². The molecular weight excluding hydrogens is 498 g/mol. The Morgan fingerprint density at radius 2 is 1.70 bits per heavy atom. The Bertz CT molecular complexity index is 1370. The SMILES string of the molecule is CCOc1cc(C2/C(=C(\O)c3cc(Cl)ccc3OC)C(=O)C(=O)N2Cc2ccc(OC)cc2)ccc1O. The summed E-state index contributed by atoms with van der Waals surface area (Å²) in [4.78, 5) is 28.1. The number of aromatic hydroxyl groups is 1. The van der Waals surface area contributed by atoms with Crippen LogP contribution in [0.25, 0.3) is 5.76 Å². The third-order valence-electron chi connectivity index (χ3n) is 6.07. The Hall–Kier alpha value is -4.17. The van der Waals surface area contributed by atoms with E-state index in [1.807, 2.05) is 0 Å². The topological polar surface area (TPSA) is 106 Å². The average Bonchev–Trinajstić information content (AvgIpc) is 3.15. The number of methoxy groups -OCH3 is 2. The number of aliphatic hydroxyl groups is 1. The van der Waals surface area contributed by atoms with E-state index in [1.54, 1.807) is 62.6 Å². The molecule has 1 amide bonds. The second-order valence-corrected chi connectivity index (χ2v) is 8.72. The van der Waals surface area contributed by atoms with Crippen LogP contribution in [-0.4, -0.2) is 47.6 Å². The Balaban J connectivity index is 1.90. The van der Waals surface area contributed by atoms with Crippen LogP contribution in [-0.2, 0) is 16.1 Å². The first kappa shape index (κ1) is 25.9. The number of likely N-dealkylation sites (tertiary alicyclic amines) is 1. The van der Waals surface area contributed by atoms with E-state index in [4.69, 9.17) is 25.8 Å². The van der Waals surface area contributed by atoms with Crippen LogP contribution >= 0.6 is 11.6 Å². The van der Waals surface area contributed by atoms with Gasteiger partial charge in [0.15, 0.2) is 11.5 Å². The van der Waals surface area contributed by atoms with E-state index in [9.17, 15) is 19.8 Å². The van der Waals surface area contributed by atoms with Crippen LogP contribution in [0.5, 0.6) is 23.0 Å². The van der Waals surface area contributed by atoms with Gasteiger partial charge in [-0.25, -0.2) is 0 Å². The number of carbonyl (C=O) groups is 2. The number of Topliss-reactive ketones (excluding diaryl/α,β-unsaturated/α-hetero) is 1. The molecule has 0 spiro atoms. The summed E-state index contributed by atoms with van der Waals surface area (Å²) in [6.45, 7) is 2.14. The minimum Gasteiger partial charge on any atom is -0.507 e. The van der Waals surface area contributed by atoms with E-state index < -0.39 is 23.5 Å². The summed E-state index contributed by atoms with van der Waals surface area (Å²) in [5, 5.41) is 22.0. The summed E-state index contributed by atoms with van der Waals surface area (Å²) in [5.74, 6) is -1.04. The van der Waals surface area contributed by atoms with Gasteiger partial charge in [-0.2, -0.15) is 0 Å². The molecule has 37 heavy (non-hydrogen) atoms. The zero-order valence-corrected chi connectivity index (χ0v) is 21.3. The van der Waals surface area contributed by atoms with E-state index >= 15 is 0 Å². The third kappa shape index (κ3) is 5.06. The van der Waals surface area contributed by atoms with Crippen molar-refractivity contribution in [2.45, 2.75) is 19.5 Å². The lowest BCUT2D eigenvalue weighted by molar-refractivity contribution is -0.140. The van der Waals surface area contributed by atoms with Crippen molar-refractivity contribution in [2.24, 2.45) is 0 Å². The van der Waals surface area contributed by atoms with Gasteiger partial charge < -0.3 is 29.3 Å². The first-order chi connectivity index (χ1) is 17.8. The van der Waals surface area contributed by atoms with Gasteiger partial charge in [0.1, 0.15) is 17.3 Å². The Kier molecular flexibility index (Phi) is 7.59. The zero-order chi connectivity index (χ0) is 26.7. The molecule has 1 saturated heterocycles. The van der Waals surface area contributed by atoms with Gasteiger partial charge in [0, 0.05) is 11.6 Å². The van der Waals surface area contributed by atoms with Crippen molar-refractivity contribution in [3.8, 4) is 23.0 Å². The minimum absolute atomic E-state index is 0.0769. The standard InChI is InChI=1S/C28H26ClNO7/c1-4-37-23-13-17(7-11-21(23)31)25-24(26(32)20-14-18(29)8-12-22(20)36-3)27(33)28(34)30(25)15-16-5-9-19(35-2)10-6-16/h5-14,25,31-32H,4,15H2,1-3H3/b26-24+. The van der Waals surface area contributed by atoms with Crippen LogP contribution in [0.3, 0.4) is 0 Å². The number of phenolic OH excluding ortho intramolecular Hbond substituents is 1. The average molecular weight is 524 g/mol. The minimum atomic E-state index is -0.981. The number of aliphatic hydroxyl groups excluding tert-OH is 1. The summed E-state index contributed by atoms with van der Waals surface area (Å²) < 4.78 is 16.1. The first-order valence-corrected chi connectivity index (χ1v) is 11.9. The first-order valence-electron chi connectivity index (χ1n) is 11.5. The molecule has 2 N–H and O–H groups in total. The van der Waals surface area contributed by atoms with E-state index in [0.29, 0.717) is 22.9 Å². The van der Waals surface area contributed by atoms with Gasteiger partial charge in [-0.05, 0) is 60.5 Å². The zero-order valence-electron chi connectivity index (χ0n) is 20.5. The van der Waals surface area contributed by atoms with E-state index in [0.717, 1.165) is 5.56 Å². The van der Waals surface area contributed by atoms with E-state index in [2.05, 4.69) is 0 Å². The van der Waals surface area contributed by atoms with Crippen LogP contribution in [0.1, 0.15) is 29.7 Å². The van der Waals surface area contributed by atoms with Gasteiger partial charge in [0.2, 0.25) is 0 Å². The van der Waals surface area contributed by atoms with Crippen LogP contribution in [0.2, 0.25) is 5.02 Å². The Morgan fingerprint density at radius 1 is 0.973 bits per heavy atom. The third-order valence-corrected chi connectivity index (χ3v) is 6.30. The van der Waals surface area contributed by atoms with Crippen molar-refractivity contribution in [3.05, 3.63) is 87.9 Å². The maximum Gasteiger partial charge on any atom is 0.295 e. The quantitative estimate of drug-likeness (QED) is 0.241. The van der Waals surface area contributed by atoms with Crippen molar-refractivity contribution < 1.29 is 34.0 Å². The molecule has 1 heterocycles. The highest BCUT2D eigenvalue weighted by Crippen LogP contribution is 2.44. The molecule has 3 aromatic carbocycles. The molecule has 1 atom stereocenters. The number of ketones is 1. The molecule has 1 aliphatic rings. The molecule has 3 aromatic rings. The van der Waals surface area contributed by atoms with Crippen molar-refractivity contribution >= 4 is 29.1 Å². The predicted molar refractivity (Wildman–Crippen MR) is 138 cm³/mol. The summed E-state index contributed by atoms with van der Waals surface area (Å²) in [7, 11) is 2.98. The smallest absolute Gasteiger partial charge is 0.295 e. The van der Waals surface area contributed by atoms with Crippen LogP contribution < -0.4 is 14.2 Å². The Morgan fingerprint density at radius 3 is 2.35 bits per heavy atom. The highest BCUT2D eigenvalue weighted by molar-refractivity contribution is 6.46. The van der Waals surface area contributed by atoms with Crippen molar-refractivity contribution in [1.82, 2.24) is 4.90 Å². The molecule has 192 valence electrons. The van der Waals surface area contributed by atoms with Gasteiger partial charge in [0.05, 0.1) is 38.0 Å². The number of carbonyl (C=O) groups excluding carboxylic acids is 2. The molecule has 1 fully saturated rings. The lowest BCUT2D eigenvalue weighted by atomic mass is 9.94. The number of hydrogen-bond donors (Lipinski definition) is 2. The maximum absolute atomic E-state index is 13.4. The molecule has 0 aliphatic carbocycles. The summed E-state index contributed by atoms with van der Waals surface area (Å²) >= 11 is 6.17. The number of amides is 1. The fourth-order valence-electron chi connectivity index (χ4n) is 4.30. The highest BCUT2D eigenvalue weighted by Gasteiger charge is 2.46. The van der Waals surface area contributed by atoms with Crippen molar-refractivity contribution in [1.29, 1.82) is 0 Å². The summed E-state index contributed by atoms with van der Waals surface area (Å²) in [6.07, 6.45) is 0. The lowest BCUT2D eigenvalue weighted by Gasteiger charge is -2.26. The number of nitrogens with zero attached hydrogens (tertiary/aromatic N) is 1. The van der Waals surface area contributed by atoms with Gasteiger partial charge in [-0.1, -0.05) is 29.8 Å². The normalized spacial score (nSPS) is 16.6. The molecular formula is C28H26ClNO7. The van der Waals surface area contributed by atoms with Gasteiger partial charge in [-0.3, -0.25) is 9.59 Å². The van der Waals surface area contributed by atoms with E-state index in [1.165, 1.54) is 24.1 Å². The maximum atomic E-state index is 13.4. The second-order valence-electron chi connectivity index (χ2n) is 8.28. The number of ether oxygens (including phenoxy) is 3. The highest BCUT2D eigenvalue weighted by atomic mass is 35.5. The fraction of sp³-hybridized carbons (Fsp3) is 0.214. The number of benzene rings is 3. The van der Waals surface area contributed by atoms with Gasteiger partial charge in [0.25, 0.3) is 11.7 Å². The van der Waals surface area contributed by atoms with Crippen LogP contribution in [0, 0.1) is 0 Å². The lowest BCUT2D eigenvalue weighted by Crippen LogP contribution is -2.29. The predicted octanol–water partition coefficient (Wildman–Crippen LogP) is 5.08. The summed E-state index contributed by atoms with van der Waals surface area (Å²) in [6, 6.07) is 15.3. The van der Waals surface area contributed by atoms with Crippen LogP contribution in [0.4, 0.5) is 0 Å². The molecule has 8 nitrogen and oxygen atoms in total. The van der Waals surface area contributed by atoms with Crippen molar-refractivity contribution in [2.75, 3.05) is 20.8 Å². The molecule has 0 radical (unpaired) electrons. The summed E-state index contributed by atoms with van der Waals surface area (Å²) in [5.41, 5.74) is 1.26. The van der Waals surface area contributed by atoms with Gasteiger partial charge >= 0.3 is 0 Å². The number of phenols is 1. The molecule has 1 unspecified atom stereocenters. The monoisotopic (exact) mass is 523 g/mol. The number of rotatable bonds is 8. The van der Waals surface area contributed by atoms with Gasteiger partial charge in [-0.15, -0.1) is 0 Å². The molecule has 9 heteroatoms. The van der Waals surface area contributed by atoms with E-state index in [-0.39, 0.29) is 34.9 Å². The molecule has 0 bridgehead atoms.